The molecular weight excluding hydrogens is 204 g/mol. The summed E-state index contributed by atoms with van der Waals surface area (Å²) in [5.41, 5.74) is 0. The molecule has 2 unspecified atom stereocenters. The average Bonchev–Trinajstić information content (AvgIpc) is 2.59. The molecule has 80 valence electrons. The van der Waals surface area contributed by atoms with Crippen molar-refractivity contribution < 1.29 is 13.2 Å². The van der Waals surface area contributed by atoms with Crippen LogP contribution in [0.25, 0.3) is 0 Å². The first-order valence-corrected chi connectivity index (χ1v) is 6.72. The van der Waals surface area contributed by atoms with Crippen LogP contribution in [0.5, 0.6) is 0 Å². The van der Waals surface area contributed by atoms with Crippen LogP contribution < -0.4 is 5.32 Å². The zero-order valence-electron chi connectivity index (χ0n) is 8.06. The number of nitrogens with zero attached hydrogens (tertiary/aromatic N) is 1. The largest absolute Gasteiger partial charge is 0.336 e. The number of piperazine rings is 1. The van der Waals surface area contributed by atoms with E-state index in [1.807, 2.05) is 0 Å². The number of nitrogens with one attached hydrogen (secondary N) is 1. The van der Waals surface area contributed by atoms with E-state index in [0.717, 1.165) is 19.2 Å². The maximum atomic E-state index is 11.6. The molecule has 6 heteroatoms. The Balaban J connectivity index is 2.00. The third kappa shape index (κ3) is 1.90. The Labute approximate surface area is 83.4 Å². The van der Waals surface area contributed by atoms with E-state index in [0.29, 0.717) is 12.6 Å². The molecule has 0 spiro atoms. The van der Waals surface area contributed by atoms with E-state index in [9.17, 15) is 13.2 Å². The van der Waals surface area contributed by atoms with Gasteiger partial charge in [-0.25, -0.2) is 8.42 Å². The van der Waals surface area contributed by atoms with Crippen molar-refractivity contribution in [3.8, 4) is 0 Å². The lowest BCUT2D eigenvalue weighted by atomic mass is 10.2. The fourth-order valence-corrected chi connectivity index (χ4v) is 2.79. The summed E-state index contributed by atoms with van der Waals surface area (Å²) in [6.07, 6.45) is 2.06. The molecular formula is C8H14N2O3S. The first kappa shape index (κ1) is 9.92. The molecule has 0 aliphatic carbocycles. The van der Waals surface area contributed by atoms with E-state index in [2.05, 4.69) is 5.32 Å². The van der Waals surface area contributed by atoms with Gasteiger partial charge in [0.25, 0.3) is 0 Å². The number of sulfone groups is 1. The number of rotatable bonds is 2. The van der Waals surface area contributed by atoms with E-state index < -0.39 is 9.84 Å². The summed E-state index contributed by atoms with van der Waals surface area (Å²) < 4.78 is 21.9. The van der Waals surface area contributed by atoms with Crippen molar-refractivity contribution >= 4 is 15.7 Å². The molecule has 0 saturated carbocycles. The number of carbonyl (C=O) groups is 1. The average molecular weight is 218 g/mol. The Kier molecular flexibility index (Phi) is 2.27. The Morgan fingerprint density at radius 3 is 2.71 bits per heavy atom. The Bertz CT molecular complexity index is 352. The van der Waals surface area contributed by atoms with Crippen molar-refractivity contribution in [3.05, 3.63) is 0 Å². The standard InChI is InChI=1S/C8H14N2O3S/c1-14(12,13)5-8(11)10-4-6-2-7(10)3-9-6/h6-7,9H,2-5H2,1H3. The summed E-state index contributed by atoms with van der Waals surface area (Å²) in [5.74, 6) is -0.600. The maximum absolute atomic E-state index is 11.6. The molecule has 2 aliphatic rings. The molecule has 0 aromatic heterocycles. The lowest BCUT2D eigenvalue weighted by molar-refractivity contribution is -0.129. The van der Waals surface area contributed by atoms with E-state index >= 15 is 0 Å². The molecule has 0 aromatic rings. The van der Waals surface area contributed by atoms with Gasteiger partial charge < -0.3 is 10.2 Å². The highest BCUT2D eigenvalue weighted by atomic mass is 32.2. The van der Waals surface area contributed by atoms with Crippen molar-refractivity contribution in [3.63, 3.8) is 0 Å². The monoisotopic (exact) mass is 218 g/mol. The number of hydrogen-bond donors (Lipinski definition) is 1. The van der Waals surface area contributed by atoms with Gasteiger partial charge in [0, 0.05) is 31.4 Å². The molecule has 2 rings (SSSR count). The predicted octanol–water partition coefficient (Wildman–Crippen LogP) is -1.40. The van der Waals surface area contributed by atoms with Crippen LogP contribution in [0, 0.1) is 0 Å². The van der Waals surface area contributed by atoms with Crippen LogP contribution in [0.3, 0.4) is 0 Å². The fourth-order valence-electron chi connectivity index (χ4n) is 2.17. The second-order valence-electron chi connectivity index (χ2n) is 4.11. The van der Waals surface area contributed by atoms with Gasteiger partial charge >= 0.3 is 0 Å². The van der Waals surface area contributed by atoms with Crippen molar-refractivity contribution in [2.24, 2.45) is 0 Å². The van der Waals surface area contributed by atoms with E-state index in [1.165, 1.54) is 0 Å². The van der Waals surface area contributed by atoms with Gasteiger partial charge in [-0.3, -0.25) is 4.79 Å². The van der Waals surface area contributed by atoms with Crippen molar-refractivity contribution in [1.29, 1.82) is 0 Å². The van der Waals surface area contributed by atoms with Crippen molar-refractivity contribution in [2.75, 3.05) is 25.1 Å². The number of carbonyl (C=O) groups excluding carboxylic acids is 1. The Hall–Kier alpha value is -0.620. The summed E-state index contributed by atoms with van der Waals surface area (Å²) in [6.45, 7) is 1.47. The minimum absolute atomic E-state index is 0.217. The molecule has 0 aromatic carbocycles. The second kappa shape index (κ2) is 3.20. The summed E-state index contributed by atoms with van der Waals surface area (Å²) in [7, 11) is -3.19. The van der Waals surface area contributed by atoms with E-state index in [4.69, 9.17) is 0 Å². The zero-order chi connectivity index (χ0) is 10.3. The van der Waals surface area contributed by atoms with Crippen LogP contribution in [0.4, 0.5) is 0 Å². The van der Waals surface area contributed by atoms with Crippen LogP contribution in [-0.2, 0) is 14.6 Å². The summed E-state index contributed by atoms with van der Waals surface area (Å²) >= 11 is 0. The molecule has 2 heterocycles. The van der Waals surface area contributed by atoms with Gasteiger partial charge in [0.2, 0.25) is 5.91 Å². The highest BCUT2D eigenvalue weighted by molar-refractivity contribution is 7.91. The number of hydrogen-bond acceptors (Lipinski definition) is 4. The SMILES string of the molecule is CS(=O)(=O)CC(=O)N1CC2CC1CN2. The summed E-state index contributed by atoms with van der Waals surface area (Å²) in [4.78, 5) is 13.3. The Morgan fingerprint density at radius 2 is 2.29 bits per heavy atom. The van der Waals surface area contributed by atoms with Gasteiger partial charge in [0.05, 0.1) is 0 Å². The molecule has 2 aliphatic heterocycles. The van der Waals surface area contributed by atoms with Crippen LogP contribution >= 0.6 is 0 Å². The number of amides is 1. The minimum atomic E-state index is -3.19. The van der Waals surface area contributed by atoms with Crippen molar-refractivity contribution in [2.45, 2.75) is 18.5 Å². The summed E-state index contributed by atoms with van der Waals surface area (Å²) in [6, 6.07) is 0.595. The third-order valence-electron chi connectivity index (χ3n) is 2.76. The minimum Gasteiger partial charge on any atom is -0.336 e. The predicted molar refractivity (Wildman–Crippen MR) is 51.6 cm³/mol. The van der Waals surface area contributed by atoms with Gasteiger partial charge in [-0.1, -0.05) is 0 Å². The highest BCUT2D eigenvalue weighted by Gasteiger charge is 2.40. The molecule has 1 amide bonds. The van der Waals surface area contributed by atoms with Crippen LogP contribution in [-0.4, -0.2) is 56.4 Å². The van der Waals surface area contributed by atoms with Gasteiger partial charge in [0.1, 0.15) is 5.75 Å². The molecule has 2 atom stereocenters. The summed E-state index contributed by atoms with van der Waals surface area (Å²) in [5, 5.41) is 3.26. The van der Waals surface area contributed by atoms with Gasteiger partial charge in [-0.2, -0.15) is 0 Å². The highest BCUT2D eigenvalue weighted by Crippen LogP contribution is 2.23. The topological polar surface area (TPSA) is 66.5 Å². The first-order valence-electron chi connectivity index (χ1n) is 4.66. The number of fused-ring (bicyclic) bond motifs is 2. The van der Waals surface area contributed by atoms with Gasteiger partial charge in [-0.05, 0) is 6.42 Å². The quantitative estimate of drug-likeness (QED) is 0.619. The lowest BCUT2D eigenvalue weighted by Crippen LogP contribution is -2.48. The van der Waals surface area contributed by atoms with E-state index in [-0.39, 0.29) is 17.7 Å². The molecule has 2 bridgehead atoms. The van der Waals surface area contributed by atoms with Crippen LogP contribution in [0.15, 0.2) is 0 Å². The normalized spacial score (nSPS) is 31.1. The van der Waals surface area contributed by atoms with Crippen molar-refractivity contribution in [1.82, 2.24) is 10.2 Å². The first-order chi connectivity index (χ1) is 6.46. The molecule has 5 nitrogen and oxygen atoms in total. The molecule has 2 fully saturated rings. The lowest BCUT2D eigenvalue weighted by Gasteiger charge is -2.27. The van der Waals surface area contributed by atoms with E-state index in [1.54, 1.807) is 4.90 Å². The van der Waals surface area contributed by atoms with Crippen LogP contribution in [0.1, 0.15) is 6.42 Å². The maximum Gasteiger partial charge on any atom is 0.238 e. The molecule has 2 saturated heterocycles. The number of likely N-dealkylation sites (tertiary alicyclic amines) is 1. The van der Waals surface area contributed by atoms with Crippen LogP contribution in [0.2, 0.25) is 0 Å². The smallest absolute Gasteiger partial charge is 0.238 e. The molecule has 1 N–H and O–H groups in total. The van der Waals surface area contributed by atoms with Gasteiger partial charge in [-0.15, -0.1) is 0 Å². The Morgan fingerprint density at radius 1 is 1.57 bits per heavy atom. The third-order valence-corrected chi connectivity index (χ3v) is 3.53. The zero-order valence-corrected chi connectivity index (χ0v) is 8.88. The fraction of sp³-hybridized carbons (Fsp3) is 0.875. The second-order valence-corrected chi connectivity index (χ2v) is 6.25. The van der Waals surface area contributed by atoms with Gasteiger partial charge in [0.15, 0.2) is 9.84 Å². The molecule has 14 heavy (non-hydrogen) atoms. The molecule has 0 radical (unpaired) electrons.